The zero-order chi connectivity index (χ0) is 17.5. The van der Waals surface area contributed by atoms with Crippen LogP contribution in [0.25, 0.3) is 0 Å². The van der Waals surface area contributed by atoms with Crippen molar-refractivity contribution in [1.82, 2.24) is 5.32 Å². The summed E-state index contributed by atoms with van der Waals surface area (Å²) >= 11 is 0. The summed E-state index contributed by atoms with van der Waals surface area (Å²) in [6.45, 7) is 0.781. The van der Waals surface area contributed by atoms with Gasteiger partial charge in [-0.05, 0) is 35.2 Å². The van der Waals surface area contributed by atoms with E-state index in [1.54, 1.807) is 6.26 Å². The van der Waals surface area contributed by atoms with Crippen LogP contribution in [0.4, 0.5) is 0 Å². The molecule has 128 valence electrons. The molecule has 0 aromatic heterocycles. The van der Waals surface area contributed by atoms with Gasteiger partial charge in [-0.15, -0.1) is 0 Å². The van der Waals surface area contributed by atoms with Crippen molar-refractivity contribution in [2.75, 3.05) is 6.26 Å². The minimum atomic E-state index is -0.927. The first-order valence-corrected chi connectivity index (χ1v) is 10.0. The van der Waals surface area contributed by atoms with E-state index in [-0.39, 0.29) is 6.04 Å². The summed E-state index contributed by atoms with van der Waals surface area (Å²) in [6.07, 6.45) is 2.65. The number of benzene rings is 3. The molecule has 0 heterocycles. The molecule has 25 heavy (non-hydrogen) atoms. The highest BCUT2D eigenvalue weighted by molar-refractivity contribution is 7.84. The van der Waals surface area contributed by atoms with Crippen LogP contribution in [0, 0.1) is 0 Å². The fourth-order valence-corrected chi connectivity index (χ4v) is 3.40. The van der Waals surface area contributed by atoms with Crippen molar-refractivity contribution in [3.63, 3.8) is 0 Å². The maximum absolute atomic E-state index is 11.5. The van der Waals surface area contributed by atoms with Crippen molar-refractivity contribution in [3.05, 3.63) is 102 Å². The SMILES string of the molecule is C[S@@](=O)c1ccc(CN[C@@H](Cc2ccccc2)c2ccccc2)cc1. The molecule has 0 saturated carbocycles. The number of rotatable bonds is 7. The average molecular weight is 349 g/mol. The van der Waals surface area contributed by atoms with Crippen LogP contribution >= 0.6 is 0 Å². The predicted octanol–water partition coefficient (Wildman–Crippen LogP) is 4.50. The predicted molar refractivity (Wildman–Crippen MR) is 105 cm³/mol. The van der Waals surface area contributed by atoms with E-state index in [4.69, 9.17) is 0 Å². The Morgan fingerprint density at radius 3 is 2.00 bits per heavy atom. The van der Waals surface area contributed by atoms with E-state index >= 15 is 0 Å². The van der Waals surface area contributed by atoms with E-state index in [9.17, 15) is 4.21 Å². The molecular weight excluding hydrogens is 326 g/mol. The quantitative estimate of drug-likeness (QED) is 0.680. The van der Waals surface area contributed by atoms with Gasteiger partial charge in [0.25, 0.3) is 0 Å². The first-order valence-electron chi connectivity index (χ1n) is 8.47. The Kier molecular flexibility index (Phi) is 6.15. The Morgan fingerprint density at radius 1 is 0.800 bits per heavy atom. The molecular formula is C22H23NOS. The highest BCUT2D eigenvalue weighted by atomic mass is 32.2. The van der Waals surface area contributed by atoms with Gasteiger partial charge in [-0.2, -0.15) is 0 Å². The summed E-state index contributed by atoms with van der Waals surface area (Å²) in [7, 11) is -0.927. The lowest BCUT2D eigenvalue weighted by Gasteiger charge is -2.20. The highest BCUT2D eigenvalue weighted by Crippen LogP contribution is 2.19. The van der Waals surface area contributed by atoms with Crippen LogP contribution < -0.4 is 5.32 Å². The Hall–Kier alpha value is -2.23. The van der Waals surface area contributed by atoms with E-state index in [1.165, 1.54) is 16.7 Å². The molecule has 2 nitrogen and oxygen atoms in total. The van der Waals surface area contributed by atoms with Crippen molar-refractivity contribution in [1.29, 1.82) is 0 Å². The second-order valence-electron chi connectivity index (χ2n) is 6.13. The first kappa shape index (κ1) is 17.6. The van der Waals surface area contributed by atoms with Crippen molar-refractivity contribution in [2.24, 2.45) is 0 Å². The molecule has 3 heteroatoms. The van der Waals surface area contributed by atoms with Gasteiger partial charge in [-0.25, -0.2) is 0 Å². The molecule has 0 bridgehead atoms. The fraction of sp³-hybridized carbons (Fsp3) is 0.182. The van der Waals surface area contributed by atoms with Gasteiger partial charge < -0.3 is 5.32 Å². The summed E-state index contributed by atoms with van der Waals surface area (Å²) < 4.78 is 11.5. The van der Waals surface area contributed by atoms with Crippen LogP contribution in [0.2, 0.25) is 0 Å². The van der Waals surface area contributed by atoms with Crippen LogP contribution in [-0.2, 0) is 23.8 Å². The molecule has 0 aliphatic heterocycles. The van der Waals surface area contributed by atoms with Gasteiger partial charge in [0.2, 0.25) is 0 Å². The lowest BCUT2D eigenvalue weighted by atomic mass is 9.98. The first-order chi connectivity index (χ1) is 12.2. The second kappa shape index (κ2) is 8.75. The standard InChI is InChI=1S/C22H23NOS/c1-25(24)21-14-12-19(13-15-21)17-23-22(20-10-6-3-7-11-20)16-18-8-4-2-5-9-18/h2-15,22-23H,16-17H2,1H3/t22-,25+/m0/s1. The molecule has 0 unspecified atom stereocenters. The lowest BCUT2D eigenvalue weighted by molar-refractivity contribution is 0.530. The van der Waals surface area contributed by atoms with Gasteiger partial charge in [0.05, 0.1) is 0 Å². The molecule has 0 aliphatic rings. The van der Waals surface area contributed by atoms with Crippen molar-refractivity contribution in [2.45, 2.75) is 23.9 Å². The molecule has 3 aromatic carbocycles. The van der Waals surface area contributed by atoms with Crippen LogP contribution in [0.15, 0.2) is 89.8 Å². The highest BCUT2D eigenvalue weighted by Gasteiger charge is 2.11. The summed E-state index contributed by atoms with van der Waals surface area (Å²) in [4.78, 5) is 0.868. The zero-order valence-corrected chi connectivity index (χ0v) is 15.2. The topological polar surface area (TPSA) is 29.1 Å². The van der Waals surface area contributed by atoms with Gasteiger partial charge in [0.15, 0.2) is 0 Å². The van der Waals surface area contributed by atoms with Crippen molar-refractivity contribution in [3.8, 4) is 0 Å². The minimum absolute atomic E-state index is 0.253. The maximum Gasteiger partial charge on any atom is 0.0498 e. The van der Waals surface area contributed by atoms with Crippen LogP contribution in [0.5, 0.6) is 0 Å². The Balaban J connectivity index is 1.72. The summed E-state index contributed by atoms with van der Waals surface area (Å²) in [5.74, 6) is 0. The molecule has 1 N–H and O–H groups in total. The molecule has 3 rings (SSSR count). The summed E-state index contributed by atoms with van der Waals surface area (Å²) in [6, 6.07) is 29.4. The van der Waals surface area contributed by atoms with E-state index < -0.39 is 10.8 Å². The molecule has 0 radical (unpaired) electrons. The largest absolute Gasteiger partial charge is 0.306 e. The zero-order valence-electron chi connectivity index (χ0n) is 14.4. The van der Waals surface area contributed by atoms with E-state index in [2.05, 4.69) is 53.8 Å². The van der Waals surface area contributed by atoms with Crippen molar-refractivity contribution < 1.29 is 4.21 Å². The Bertz CT molecular complexity index is 800. The summed E-state index contributed by atoms with van der Waals surface area (Å²) in [5.41, 5.74) is 3.81. The third-order valence-corrected chi connectivity index (χ3v) is 5.23. The van der Waals surface area contributed by atoms with E-state index in [0.29, 0.717) is 0 Å². The number of hydrogen-bond donors (Lipinski definition) is 1. The van der Waals surface area contributed by atoms with Crippen LogP contribution in [0.1, 0.15) is 22.7 Å². The maximum atomic E-state index is 11.5. The third kappa shape index (κ3) is 5.12. The molecule has 0 saturated heterocycles. The van der Waals surface area contributed by atoms with Gasteiger partial charge in [0.1, 0.15) is 0 Å². The minimum Gasteiger partial charge on any atom is -0.306 e. The lowest BCUT2D eigenvalue weighted by Crippen LogP contribution is -2.23. The summed E-state index contributed by atoms with van der Waals surface area (Å²) in [5, 5.41) is 3.67. The third-order valence-electron chi connectivity index (χ3n) is 4.29. The van der Waals surface area contributed by atoms with Gasteiger partial charge >= 0.3 is 0 Å². The van der Waals surface area contributed by atoms with E-state index in [0.717, 1.165) is 17.9 Å². The smallest absolute Gasteiger partial charge is 0.0498 e. The van der Waals surface area contributed by atoms with Crippen molar-refractivity contribution >= 4 is 10.8 Å². The molecule has 0 aliphatic carbocycles. The Morgan fingerprint density at radius 2 is 1.40 bits per heavy atom. The number of nitrogens with one attached hydrogen (secondary N) is 1. The molecule has 3 aromatic rings. The second-order valence-corrected chi connectivity index (χ2v) is 7.51. The Labute approximate surface area is 152 Å². The fourth-order valence-electron chi connectivity index (χ4n) is 2.88. The molecule has 0 amide bonds. The van der Waals surface area contributed by atoms with Crippen LogP contribution in [0.3, 0.4) is 0 Å². The molecule has 2 atom stereocenters. The van der Waals surface area contributed by atoms with Gasteiger partial charge in [-0.3, -0.25) is 4.21 Å². The van der Waals surface area contributed by atoms with Gasteiger partial charge in [0, 0.05) is 34.5 Å². The van der Waals surface area contributed by atoms with Gasteiger partial charge in [-0.1, -0.05) is 72.8 Å². The van der Waals surface area contributed by atoms with E-state index in [1.807, 2.05) is 36.4 Å². The number of hydrogen-bond acceptors (Lipinski definition) is 2. The monoisotopic (exact) mass is 349 g/mol. The van der Waals surface area contributed by atoms with Crippen LogP contribution in [-0.4, -0.2) is 10.5 Å². The molecule has 0 spiro atoms. The molecule has 0 fully saturated rings. The average Bonchev–Trinajstić information content (AvgIpc) is 2.67. The normalized spacial score (nSPS) is 13.3.